The van der Waals surface area contributed by atoms with Crippen LogP contribution in [0.1, 0.15) is 19.8 Å². The Morgan fingerprint density at radius 3 is 2.29 bits per heavy atom. The highest BCUT2D eigenvalue weighted by Crippen LogP contribution is 2.31. The maximum Gasteiger partial charge on any atom is 0.215 e. The van der Waals surface area contributed by atoms with Crippen LogP contribution in [0.4, 0.5) is 0 Å². The third-order valence-electron chi connectivity index (χ3n) is 6.22. The van der Waals surface area contributed by atoms with E-state index in [4.69, 9.17) is 41.9 Å². The van der Waals surface area contributed by atoms with Crippen LogP contribution in [-0.2, 0) is 18.9 Å². The van der Waals surface area contributed by atoms with Gasteiger partial charge in [0.05, 0.1) is 25.2 Å². The van der Waals surface area contributed by atoms with Crippen molar-refractivity contribution in [3.63, 3.8) is 0 Å². The first-order valence-electron chi connectivity index (χ1n) is 10.6. The normalized spacial score (nSPS) is 48.7. The summed E-state index contributed by atoms with van der Waals surface area (Å²) in [5.74, 6) is 0.555. The van der Waals surface area contributed by atoms with E-state index >= 15 is 0 Å². The number of hydrogen-bond donors (Lipinski definition) is 8. The molecule has 0 unspecified atom stereocenters. The standard InChI is InChI=1S/C19H37N5O7/c1-19(27)7-28-18(13(26)16(19)24-2)31-15-11(23)5-10(22)14(12(15)25)30-17-9(21)4-3-8(6-20)29-17/h3,9-18,24-27H,4-7,20-23H2,1-2H3/t9-,10-,11+,12+,13-,14+,15+,16+,17+,18+,19-/m0/s1. The Morgan fingerprint density at radius 1 is 1.10 bits per heavy atom. The van der Waals surface area contributed by atoms with Crippen LogP contribution in [0, 0.1) is 0 Å². The highest BCUT2D eigenvalue weighted by atomic mass is 16.7. The van der Waals surface area contributed by atoms with Crippen molar-refractivity contribution in [1.82, 2.24) is 5.32 Å². The van der Waals surface area contributed by atoms with Gasteiger partial charge < -0.3 is 62.5 Å². The van der Waals surface area contributed by atoms with Gasteiger partial charge in [0.25, 0.3) is 0 Å². The summed E-state index contributed by atoms with van der Waals surface area (Å²) in [6, 6.07) is -2.37. The predicted octanol–water partition coefficient (Wildman–Crippen LogP) is -3.85. The molecular formula is C19H37N5O7. The van der Waals surface area contributed by atoms with E-state index in [1.54, 1.807) is 20.0 Å². The van der Waals surface area contributed by atoms with Crippen molar-refractivity contribution in [3.05, 3.63) is 11.8 Å². The SMILES string of the molecule is CN[C@@H]1[C@H](O)[C@@H](O[C@H]2[C@H](O)[C@H](O[C@H]3OC(CN)=CC[C@@H]3N)[C@@H](N)C[C@H]2N)OC[C@]1(C)O. The molecule has 12 nitrogen and oxygen atoms in total. The lowest BCUT2D eigenvalue weighted by Gasteiger charge is -2.48. The third-order valence-corrected chi connectivity index (χ3v) is 6.22. The Hall–Kier alpha value is -0.900. The van der Waals surface area contributed by atoms with Gasteiger partial charge in [0.2, 0.25) is 6.29 Å². The summed E-state index contributed by atoms with van der Waals surface area (Å²) in [4.78, 5) is 0. The van der Waals surface area contributed by atoms with Gasteiger partial charge >= 0.3 is 0 Å². The van der Waals surface area contributed by atoms with Crippen molar-refractivity contribution in [2.75, 3.05) is 20.2 Å². The van der Waals surface area contributed by atoms with Crippen LogP contribution < -0.4 is 28.3 Å². The van der Waals surface area contributed by atoms with Gasteiger partial charge in [-0.25, -0.2) is 0 Å². The zero-order valence-electron chi connectivity index (χ0n) is 18.0. The van der Waals surface area contributed by atoms with Gasteiger partial charge in [0, 0.05) is 12.1 Å². The van der Waals surface area contributed by atoms with E-state index in [1.807, 2.05) is 0 Å². The minimum absolute atomic E-state index is 0.0727. The van der Waals surface area contributed by atoms with Crippen LogP contribution in [0.3, 0.4) is 0 Å². The van der Waals surface area contributed by atoms with Crippen molar-refractivity contribution < 1.29 is 34.3 Å². The predicted molar refractivity (Wildman–Crippen MR) is 110 cm³/mol. The maximum absolute atomic E-state index is 11.0. The average molecular weight is 448 g/mol. The molecule has 1 aliphatic carbocycles. The average Bonchev–Trinajstić information content (AvgIpc) is 2.71. The number of nitrogens with one attached hydrogen (secondary N) is 1. The fraction of sp³-hybridized carbons (Fsp3) is 0.895. The highest BCUT2D eigenvalue weighted by molar-refractivity contribution is 5.04. The molecule has 12 heteroatoms. The van der Waals surface area contributed by atoms with Gasteiger partial charge in [-0.1, -0.05) is 0 Å². The lowest BCUT2D eigenvalue weighted by atomic mass is 9.84. The number of hydrogen-bond acceptors (Lipinski definition) is 12. The smallest absolute Gasteiger partial charge is 0.215 e. The first-order chi connectivity index (χ1) is 14.6. The molecule has 0 spiro atoms. The van der Waals surface area contributed by atoms with Gasteiger partial charge in [-0.2, -0.15) is 0 Å². The molecule has 31 heavy (non-hydrogen) atoms. The molecule has 0 amide bonds. The van der Waals surface area contributed by atoms with Crippen LogP contribution in [-0.4, -0.2) is 102 Å². The summed E-state index contributed by atoms with van der Waals surface area (Å²) in [7, 11) is 1.62. The van der Waals surface area contributed by atoms with Crippen LogP contribution in [0.25, 0.3) is 0 Å². The van der Waals surface area contributed by atoms with Crippen molar-refractivity contribution in [1.29, 1.82) is 0 Å². The second kappa shape index (κ2) is 9.93. The molecule has 3 rings (SSSR count). The molecular weight excluding hydrogens is 410 g/mol. The minimum Gasteiger partial charge on any atom is -0.467 e. The molecule has 0 radical (unpaired) electrons. The van der Waals surface area contributed by atoms with E-state index in [2.05, 4.69) is 5.32 Å². The van der Waals surface area contributed by atoms with E-state index in [1.165, 1.54) is 0 Å². The minimum atomic E-state index is -1.29. The molecule has 0 aromatic carbocycles. The Labute approximate surface area is 181 Å². The molecule has 1 saturated carbocycles. The van der Waals surface area contributed by atoms with Gasteiger partial charge in [0.1, 0.15) is 35.8 Å². The Balaban J connectivity index is 1.69. The van der Waals surface area contributed by atoms with Crippen LogP contribution in [0.15, 0.2) is 11.8 Å². The summed E-state index contributed by atoms with van der Waals surface area (Å²) in [6.07, 6.45) is -3.56. The quantitative estimate of drug-likeness (QED) is 0.196. The largest absolute Gasteiger partial charge is 0.467 e. The topological polar surface area (TPSA) is 214 Å². The summed E-state index contributed by atoms with van der Waals surface area (Å²) >= 11 is 0. The van der Waals surface area contributed by atoms with E-state index in [0.29, 0.717) is 18.6 Å². The van der Waals surface area contributed by atoms with Crippen molar-refractivity contribution in [2.24, 2.45) is 22.9 Å². The van der Waals surface area contributed by atoms with Gasteiger partial charge in [-0.05, 0) is 32.9 Å². The molecule has 180 valence electrons. The molecule has 12 N–H and O–H groups in total. The van der Waals surface area contributed by atoms with Crippen LogP contribution >= 0.6 is 0 Å². The number of likely N-dealkylation sites (N-methyl/N-ethyl adjacent to an activating group) is 1. The molecule has 3 aliphatic rings. The molecule has 11 atom stereocenters. The summed E-state index contributed by atoms with van der Waals surface area (Å²) in [5.41, 5.74) is 22.9. The van der Waals surface area contributed by atoms with E-state index in [9.17, 15) is 15.3 Å². The molecule has 2 heterocycles. The van der Waals surface area contributed by atoms with Crippen molar-refractivity contribution >= 4 is 0 Å². The lowest BCUT2D eigenvalue weighted by Crippen LogP contribution is -2.68. The summed E-state index contributed by atoms with van der Waals surface area (Å²) in [6.45, 7) is 1.68. The van der Waals surface area contributed by atoms with Gasteiger partial charge in [-0.3, -0.25) is 0 Å². The monoisotopic (exact) mass is 447 g/mol. The second-order valence-corrected chi connectivity index (χ2v) is 8.81. The summed E-state index contributed by atoms with van der Waals surface area (Å²) < 4.78 is 23.1. The van der Waals surface area contributed by atoms with Crippen LogP contribution in [0.5, 0.6) is 0 Å². The first-order valence-corrected chi connectivity index (χ1v) is 10.6. The zero-order chi connectivity index (χ0) is 22.9. The Bertz CT molecular complexity index is 639. The molecule has 0 bridgehead atoms. The number of ether oxygens (including phenoxy) is 4. The van der Waals surface area contributed by atoms with Crippen molar-refractivity contribution in [3.8, 4) is 0 Å². The van der Waals surface area contributed by atoms with Gasteiger partial charge in [0.15, 0.2) is 6.29 Å². The number of rotatable bonds is 6. The molecule has 2 aliphatic heterocycles. The van der Waals surface area contributed by atoms with Crippen molar-refractivity contribution in [2.45, 2.75) is 86.5 Å². The van der Waals surface area contributed by atoms with E-state index < -0.39 is 66.8 Å². The van der Waals surface area contributed by atoms with E-state index in [-0.39, 0.29) is 13.2 Å². The van der Waals surface area contributed by atoms with E-state index in [0.717, 1.165) is 0 Å². The molecule has 0 aromatic rings. The highest BCUT2D eigenvalue weighted by Gasteiger charge is 2.50. The fourth-order valence-electron chi connectivity index (χ4n) is 4.44. The Morgan fingerprint density at radius 2 is 1.71 bits per heavy atom. The maximum atomic E-state index is 11.0. The number of nitrogens with two attached hydrogens (primary N) is 4. The molecule has 2 fully saturated rings. The van der Waals surface area contributed by atoms with Crippen LogP contribution in [0.2, 0.25) is 0 Å². The first kappa shape index (κ1) is 24.7. The van der Waals surface area contributed by atoms with Gasteiger partial charge in [-0.15, -0.1) is 0 Å². The molecule has 0 aromatic heterocycles. The fourth-order valence-corrected chi connectivity index (χ4v) is 4.44. The second-order valence-electron chi connectivity index (χ2n) is 8.81. The lowest BCUT2D eigenvalue weighted by molar-refractivity contribution is -0.303. The number of aliphatic hydroxyl groups excluding tert-OH is 2. The molecule has 1 saturated heterocycles. The zero-order valence-corrected chi connectivity index (χ0v) is 18.0. The Kier molecular flexibility index (Phi) is 7.92. The number of aliphatic hydroxyl groups is 3. The third kappa shape index (κ3) is 5.20. The summed E-state index contributed by atoms with van der Waals surface area (Å²) in [5, 5.41) is 34.9.